The average molecular weight is 290 g/mol. The van der Waals surface area contributed by atoms with E-state index < -0.39 is 23.3 Å². The highest BCUT2D eigenvalue weighted by Gasteiger charge is 2.22. The van der Waals surface area contributed by atoms with Crippen LogP contribution in [0.5, 0.6) is 5.75 Å². The summed E-state index contributed by atoms with van der Waals surface area (Å²) in [5.41, 5.74) is -0.161. The fourth-order valence-corrected chi connectivity index (χ4v) is 1.99. The summed E-state index contributed by atoms with van der Waals surface area (Å²) in [6.07, 6.45) is 0.0409. The zero-order valence-electron chi connectivity index (χ0n) is 11.4. The highest BCUT2D eigenvalue weighted by molar-refractivity contribution is 5.96. The molecule has 0 radical (unpaired) electrons. The van der Waals surface area contributed by atoms with Crippen molar-refractivity contribution in [2.75, 3.05) is 6.61 Å². The van der Waals surface area contributed by atoms with Gasteiger partial charge in [-0.15, -0.1) is 0 Å². The minimum atomic E-state index is -1.18. The second kappa shape index (κ2) is 6.21. The molecule has 0 saturated heterocycles. The monoisotopic (exact) mass is 290 g/mol. The van der Waals surface area contributed by atoms with Gasteiger partial charge in [-0.3, -0.25) is 9.59 Å². The Morgan fingerprint density at radius 1 is 1.33 bits per heavy atom. The van der Waals surface area contributed by atoms with Crippen molar-refractivity contribution < 1.29 is 23.8 Å². The predicted octanol–water partition coefficient (Wildman–Crippen LogP) is 1.85. The maximum Gasteiger partial charge on any atom is 0.339 e. The number of fused-ring (bicyclic) bond motifs is 1. The summed E-state index contributed by atoms with van der Waals surface area (Å²) in [7, 11) is 0. The number of ether oxygens (including phenoxy) is 1. The van der Waals surface area contributed by atoms with Gasteiger partial charge in [0.05, 0.1) is 18.1 Å². The zero-order valence-corrected chi connectivity index (χ0v) is 11.4. The number of carbonyl (C=O) groups excluding carboxylic acids is 1. The first-order valence-corrected chi connectivity index (χ1v) is 6.38. The minimum Gasteiger partial charge on any atom is -0.493 e. The molecule has 110 valence electrons. The van der Waals surface area contributed by atoms with Crippen molar-refractivity contribution in [2.24, 2.45) is 5.92 Å². The van der Waals surface area contributed by atoms with Crippen LogP contribution in [0.2, 0.25) is 0 Å². The van der Waals surface area contributed by atoms with Gasteiger partial charge in [0.15, 0.2) is 0 Å². The van der Waals surface area contributed by atoms with Gasteiger partial charge in [0.25, 0.3) is 0 Å². The van der Waals surface area contributed by atoms with Crippen molar-refractivity contribution in [3.8, 4) is 5.75 Å². The maximum atomic E-state index is 11.4. The van der Waals surface area contributed by atoms with Gasteiger partial charge in [0.1, 0.15) is 23.0 Å². The summed E-state index contributed by atoms with van der Waals surface area (Å²) >= 11 is 0. The van der Waals surface area contributed by atoms with Crippen LogP contribution in [-0.2, 0) is 9.59 Å². The number of carboxylic acids is 1. The SMILES string of the molecule is CC(=O)C(CCOc1cc(=O)oc2ccccc12)C(=O)O. The van der Waals surface area contributed by atoms with E-state index in [4.69, 9.17) is 14.3 Å². The van der Waals surface area contributed by atoms with Gasteiger partial charge in [-0.2, -0.15) is 0 Å². The molecule has 0 amide bonds. The summed E-state index contributed by atoms with van der Waals surface area (Å²) in [6.45, 7) is 1.25. The van der Waals surface area contributed by atoms with Gasteiger partial charge in [-0.25, -0.2) is 4.79 Å². The lowest BCUT2D eigenvalue weighted by molar-refractivity contribution is -0.146. The van der Waals surface area contributed by atoms with Crippen LogP contribution >= 0.6 is 0 Å². The van der Waals surface area contributed by atoms with Gasteiger partial charge in [0.2, 0.25) is 0 Å². The number of ketones is 1. The lowest BCUT2D eigenvalue weighted by Crippen LogP contribution is -2.23. The quantitative estimate of drug-likeness (QED) is 0.644. The van der Waals surface area contributed by atoms with Gasteiger partial charge >= 0.3 is 11.6 Å². The Hall–Kier alpha value is -2.63. The average Bonchev–Trinajstić information content (AvgIpc) is 2.42. The molecule has 1 N–H and O–H groups in total. The fourth-order valence-electron chi connectivity index (χ4n) is 1.99. The summed E-state index contributed by atoms with van der Waals surface area (Å²) in [6, 6.07) is 8.06. The summed E-state index contributed by atoms with van der Waals surface area (Å²) in [5.74, 6) is -2.39. The molecule has 1 aromatic heterocycles. The summed E-state index contributed by atoms with van der Waals surface area (Å²) in [4.78, 5) is 33.5. The third-order valence-electron chi connectivity index (χ3n) is 3.06. The number of benzene rings is 1. The lowest BCUT2D eigenvalue weighted by atomic mass is 10.0. The third-order valence-corrected chi connectivity index (χ3v) is 3.06. The Bertz CT molecular complexity index is 716. The highest BCUT2D eigenvalue weighted by atomic mass is 16.5. The second-order valence-corrected chi connectivity index (χ2v) is 4.56. The molecule has 1 aromatic carbocycles. The number of carboxylic acid groups (broad SMARTS) is 1. The molecule has 21 heavy (non-hydrogen) atoms. The maximum absolute atomic E-state index is 11.4. The van der Waals surface area contributed by atoms with Crippen LogP contribution < -0.4 is 10.4 Å². The highest BCUT2D eigenvalue weighted by Crippen LogP contribution is 2.23. The topological polar surface area (TPSA) is 93.8 Å². The lowest BCUT2D eigenvalue weighted by Gasteiger charge is -2.11. The number of rotatable bonds is 6. The van der Waals surface area contributed by atoms with Gasteiger partial charge in [-0.05, 0) is 19.1 Å². The van der Waals surface area contributed by atoms with E-state index in [0.717, 1.165) is 0 Å². The molecule has 0 bridgehead atoms. The van der Waals surface area contributed by atoms with Gasteiger partial charge in [0, 0.05) is 6.42 Å². The van der Waals surface area contributed by atoms with E-state index in [-0.39, 0.29) is 13.0 Å². The summed E-state index contributed by atoms with van der Waals surface area (Å²) in [5, 5.41) is 9.53. The number of para-hydroxylation sites is 1. The number of hydrogen-bond acceptors (Lipinski definition) is 5. The van der Waals surface area contributed by atoms with Crippen LogP contribution in [0.25, 0.3) is 11.0 Å². The van der Waals surface area contributed by atoms with E-state index in [0.29, 0.717) is 16.7 Å². The Balaban J connectivity index is 2.15. The van der Waals surface area contributed by atoms with Gasteiger partial charge in [-0.1, -0.05) is 12.1 Å². The van der Waals surface area contributed by atoms with E-state index in [2.05, 4.69) is 0 Å². The molecule has 6 heteroatoms. The Kier molecular flexibility index (Phi) is 4.37. The molecule has 2 rings (SSSR count). The van der Waals surface area contributed by atoms with E-state index in [9.17, 15) is 14.4 Å². The molecule has 2 aromatic rings. The van der Waals surface area contributed by atoms with Crippen LogP contribution in [-0.4, -0.2) is 23.5 Å². The first kappa shape index (κ1) is 14.8. The molecular formula is C15H14O6. The number of hydrogen-bond donors (Lipinski definition) is 1. The molecule has 1 unspecified atom stereocenters. The van der Waals surface area contributed by atoms with Crippen LogP contribution in [0, 0.1) is 5.92 Å². The molecule has 0 saturated carbocycles. The van der Waals surface area contributed by atoms with Crippen molar-refractivity contribution in [2.45, 2.75) is 13.3 Å². The van der Waals surface area contributed by atoms with Crippen molar-refractivity contribution in [3.63, 3.8) is 0 Å². The van der Waals surface area contributed by atoms with Crippen molar-refractivity contribution in [3.05, 3.63) is 40.8 Å². The van der Waals surface area contributed by atoms with Crippen LogP contribution in [0.1, 0.15) is 13.3 Å². The third kappa shape index (κ3) is 3.47. The van der Waals surface area contributed by atoms with Crippen molar-refractivity contribution in [1.29, 1.82) is 0 Å². The fraction of sp³-hybridized carbons (Fsp3) is 0.267. The Morgan fingerprint density at radius 3 is 2.71 bits per heavy atom. The number of carbonyl (C=O) groups is 2. The smallest absolute Gasteiger partial charge is 0.339 e. The molecular weight excluding hydrogens is 276 g/mol. The van der Waals surface area contributed by atoms with E-state index in [1.807, 2.05) is 0 Å². The van der Waals surface area contributed by atoms with Crippen LogP contribution in [0.3, 0.4) is 0 Å². The normalized spacial score (nSPS) is 12.0. The second-order valence-electron chi connectivity index (χ2n) is 4.56. The summed E-state index contributed by atoms with van der Waals surface area (Å²) < 4.78 is 10.5. The van der Waals surface area contributed by atoms with E-state index in [1.54, 1.807) is 24.3 Å². The first-order valence-electron chi connectivity index (χ1n) is 6.38. The molecule has 0 aliphatic rings. The molecule has 0 aliphatic heterocycles. The van der Waals surface area contributed by atoms with Crippen LogP contribution in [0.4, 0.5) is 0 Å². The number of aliphatic carboxylic acids is 1. The molecule has 0 aliphatic carbocycles. The predicted molar refractivity (Wildman–Crippen MR) is 74.4 cm³/mol. The Labute approximate surface area is 119 Å². The molecule has 1 heterocycles. The molecule has 0 fully saturated rings. The molecule has 6 nitrogen and oxygen atoms in total. The zero-order chi connectivity index (χ0) is 15.4. The largest absolute Gasteiger partial charge is 0.493 e. The standard InChI is InChI=1S/C15H14O6/c1-9(16)10(15(18)19)6-7-20-13-8-14(17)21-12-5-3-2-4-11(12)13/h2-5,8,10H,6-7H2,1H3,(H,18,19). The Morgan fingerprint density at radius 2 is 2.05 bits per heavy atom. The van der Waals surface area contributed by atoms with Gasteiger partial charge < -0.3 is 14.3 Å². The minimum absolute atomic E-state index is 0.0179. The van der Waals surface area contributed by atoms with E-state index >= 15 is 0 Å². The van der Waals surface area contributed by atoms with E-state index in [1.165, 1.54) is 13.0 Å². The number of Topliss-reactive ketones (excluding diaryl/α,β-unsaturated/α-hetero) is 1. The van der Waals surface area contributed by atoms with Crippen LogP contribution in [0.15, 0.2) is 39.5 Å². The first-order chi connectivity index (χ1) is 9.99. The van der Waals surface area contributed by atoms with Crippen molar-refractivity contribution >= 4 is 22.7 Å². The molecule has 1 atom stereocenters. The van der Waals surface area contributed by atoms with Crippen molar-refractivity contribution in [1.82, 2.24) is 0 Å². The molecule has 0 spiro atoms.